The molecule has 1 N–H and O–H groups in total. The smallest absolute Gasteiger partial charge is 0.322 e. The number of likely N-dealkylation sites (N-methyl/N-ethyl adjacent to an activating group) is 1. The highest BCUT2D eigenvalue weighted by molar-refractivity contribution is 7.89. The molecule has 0 bridgehead atoms. The van der Waals surface area contributed by atoms with Gasteiger partial charge >= 0.3 is 5.97 Å². The molecule has 8 heteroatoms. The molecule has 0 aliphatic rings. The van der Waals surface area contributed by atoms with Gasteiger partial charge in [-0.2, -0.15) is 4.31 Å². The number of rotatable bonds is 6. The molecule has 0 saturated carbocycles. The van der Waals surface area contributed by atoms with E-state index in [4.69, 9.17) is 23.2 Å². The van der Waals surface area contributed by atoms with Gasteiger partial charge in [-0.1, -0.05) is 47.0 Å². The molecule has 0 radical (unpaired) electrons. The number of hydrogen-bond acceptors (Lipinski definition) is 3. The molecule has 5 nitrogen and oxygen atoms in total. The van der Waals surface area contributed by atoms with Crippen LogP contribution < -0.4 is 0 Å². The van der Waals surface area contributed by atoms with Crippen LogP contribution in [-0.4, -0.2) is 36.9 Å². The third-order valence-electron chi connectivity index (χ3n) is 3.84. The third kappa shape index (κ3) is 4.52. The first-order chi connectivity index (χ1) is 11.6. The van der Waals surface area contributed by atoms with Crippen LogP contribution in [0.5, 0.6) is 0 Å². The van der Waals surface area contributed by atoms with Crippen LogP contribution >= 0.6 is 23.2 Å². The van der Waals surface area contributed by atoms with E-state index >= 15 is 0 Å². The molecular weight excluding hydrogens is 385 g/mol. The number of aryl methyl sites for hydroxylation is 1. The minimum Gasteiger partial charge on any atom is -0.480 e. The van der Waals surface area contributed by atoms with E-state index in [1.54, 1.807) is 24.3 Å². The standard InChI is InChI=1S/C17H17Cl2NO4S/c1-11-3-6-13(7-4-11)25(23,24)20(2)16(17(21)22)10-12-5-8-14(18)15(19)9-12/h3-9,16H,10H2,1-2H3,(H,21,22)/t16-/m0/s1. The molecule has 0 aromatic heterocycles. The number of halogens is 2. The van der Waals surface area contributed by atoms with Crippen LogP contribution in [0.1, 0.15) is 11.1 Å². The summed E-state index contributed by atoms with van der Waals surface area (Å²) >= 11 is 11.8. The van der Waals surface area contributed by atoms with Gasteiger partial charge in [0.2, 0.25) is 10.0 Å². The second kappa shape index (κ2) is 7.74. The van der Waals surface area contributed by atoms with E-state index in [9.17, 15) is 18.3 Å². The number of carboxylic acid groups (broad SMARTS) is 1. The number of hydrogen-bond donors (Lipinski definition) is 1. The van der Waals surface area contributed by atoms with Gasteiger partial charge in [0.25, 0.3) is 0 Å². The van der Waals surface area contributed by atoms with Gasteiger partial charge in [-0.15, -0.1) is 0 Å². The predicted octanol–water partition coefficient (Wildman–Crippen LogP) is 3.62. The van der Waals surface area contributed by atoms with Gasteiger partial charge in [0.1, 0.15) is 6.04 Å². The van der Waals surface area contributed by atoms with Crippen molar-refractivity contribution >= 4 is 39.2 Å². The van der Waals surface area contributed by atoms with Gasteiger partial charge in [0.05, 0.1) is 14.9 Å². The summed E-state index contributed by atoms with van der Waals surface area (Å²) in [5, 5.41) is 10.1. The summed E-state index contributed by atoms with van der Waals surface area (Å²) in [4.78, 5) is 11.7. The van der Waals surface area contributed by atoms with Crippen molar-refractivity contribution in [3.05, 3.63) is 63.6 Å². The first-order valence-corrected chi connectivity index (χ1v) is 9.54. The molecule has 25 heavy (non-hydrogen) atoms. The van der Waals surface area contributed by atoms with E-state index in [0.717, 1.165) is 9.87 Å². The molecule has 2 aromatic rings. The monoisotopic (exact) mass is 401 g/mol. The Hall–Kier alpha value is -1.60. The summed E-state index contributed by atoms with van der Waals surface area (Å²) < 4.78 is 26.3. The fourth-order valence-corrected chi connectivity index (χ4v) is 3.94. The van der Waals surface area contributed by atoms with Crippen LogP contribution in [-0.2, 0) is 21.2 Å². The van der Waals surface area contributed by atoms with Crippen molar-refractivity contribution < 1.29 is 18.3 Å². The minimum atomic E-state index is -3.94. The van der Waals surface area contributed by atoms with Crippen LogP contribution in [0.2, 0.25) is 10.0 Å². The lowest BCUT2D eigenvalue weighted by molar-refractivity contribution is -0.141. The van der Waals surface area contributed by atoms with Crippen molar-refractivity contribution in [2.75, 3.05) is 7.05 Å². The van der Waals surface area contributed by atoms with E-state index in [0.29, 0.717) is 10.6 Å². The summed E-state index contributed by atoms with van der Waals surface area (Å²) in [6.07, 6.45) is -0.0339. The maximum Gasteiger partial charge on any atom is 0.322 e. The summed E-state index contributed by atoms with van der Waals surface area (Å²) in [5.74, 6) is -1.25. The molecule has 134 valence electrons. The lowest BCUT2D eigenvalue weighted by atomic mass is 10.1. The largest absolute Gasteiger partial charge is 0.480 e. The van der Waals surface area contributed by atoms with Crippen LogP contribution in [0.3, 0.4) is 0 Å². The normalized spacial score (nSPS) is 13.0. The average Bonchev–Trinajstić information content (AvgIpc) is 2.55. The number of nitrogens with zero attached hydrogens (tertiary/aromatic N) is 1. The molecule has 1 atom stereocenters. The zero-order valence-electron chi connectivity index (χ0n) is 13.6. The Kier molecular flexibility index (Phi) is 6.11. The summed E-state index contributed by atoms with van der Waals surface area (Å²) in [5.41, 5.74) is 1.49. The highest BCUT2D eigenvalue weighted by Gasteiger charge is 2.33. The molecule has 0 fully saturated rings. The highest BCUT2D eigenvalue weighted by Crippen LogP contribution is 2.25. The van der Waals surface area contributed by atoms with E-state index in [-0.39, 0.29) is 16.3 Å². The van der Waals surface area contributed by atoms with E-state index in [1.807, 2.05) is 6.92 Å². The van der Waals surface area contributed by atoms with Gasteiger partial charge in [0.15, 0.2) is 0 Å². The number of aliphatic carboxylic acids is 1. The highest BCUT2D eigenvalue weighted by atomic mass is 35.5. The van der Waals surface area contributed by atoms with Gasteiger partial charge in [0, 0.05) is 7.05 Å². The fourth-order valence-electron chi connectivity index (χ4n) is 2.31. The molecule has 2 aromatic carbocycles. The van der Waals surface area contributed by atoms with Crippen molar-refractivity contribution in [1.82, 2.24) is 4.31 Å². The van der Waals surface area contributed by atoms with E-state index < -0.39 is 22.0 Å². The Labute approximate surface area is 156 Å². The Morgan fingerprint density at radius 2 is 1.72 bits per heavy atom. The Bertz CT molecular complexity index is 882. The molecule has 2 rings (SSSR count). The number of benzene rings is 2. The van der Waals surface area contributed by atoms with Crippen LogP contribution in [0.15, 0.2) is 47.4 Å². The Morgan fingerprint density at radius 1 is 1.12 bits per heavy atom. The second-order valence-electron chi connectivity index (χ2n) is 5.64. The van der Waals surface area contributed by atoms with Gasteiger partial charge < -0.3 is 5.11 Å². The zero-order chi connectivity index (χ0) is 18.8. The minimum absolute atomic E-state index is 0.0339. The number of carbonyl (C=O) groups is 1. The molecule has 0 heterocycles. The molecule has 0 aliphatic carbocycles. The van der Waals surface area contributed by atoms with Crippen molar-refractivity contribution in [2.45, 2.75) is 24.3 Å². The summed E-state index contributed by atoms with van der Waals surface area (Å²) in [7, 11) is -2.69. The number of carboxylic acids is 1. The molecule has 0 spiro atoms. The Balaban J connectivity index is 2.33. The SMILES string of the molecule is Cc1ccc(S(=O)(=O)N(C)[C@@H](Cc2ccc(Cl)c(Cl)c2)C(=O)O)cc1. The van der Waals surface area contributed by atoms with Crippen LogP contribution in [0.4, 0.5) is 0 Å². The van der Waals surface area contributed by atoms with Gasteiger partial charge in [-0.25, -0.2) is 8.42 Å². The second-order valence-corrected chi connectivity index (χ2v) is 8.45. The molecule has 0 saturated heterocycles. The van der Waals surface area contributed by atoms with Crippen molar-refractivity contribution in [3.8, 4) is 0 Å². The average molecular weight is 402 g/mol. The molecule has 0 aliphatic heterocycles. The van der Waals surface area contributed by atoms with E-state index in [2.05, 4.69) is 0 Å². The first-order valence-electron chi connectivity index (χ1n) is 7.34. The van der Waals surface area contributed by atoms with Gasteiger partial charge in [-0.05, 0) is 43.2 Å². The topological polar surface area (TPSA) is 74.7 Å². The van der Waals surface area contributed by atoms with Gasteiger partial charge in [-0.3, -0.25) is 4.79 Å². The lowest BCUT2D eigenvalue weighted by Gasteiger charge is -2.24. The van der Waals surface area contributed by atoms with Crippen LogP contribution in [0, 0.1) is 6.92 Å². The lowest BCUT2D eigenvalue weighted by Crippen LogP contribution is -2.43. The number of sulfonamides is 1. The molecule has 0 amide bonds. The van der Waals surface area contributed by atoms with Crippen molar-refractivity contribution in [2.24, 2.45) is 0 Å². The maximum atomic E-state index is 12.7. The summed E-state index contributed by atoms with van der Waals surface area (Å²) in [6, 6.07) is 9.67. The van der Waals surface area contributed by atoms with Crippen molar-refractivity contribution in [3.63, 3.8) is 0 Å². The van der Waals surface area contributed by atoms with E-state index in [1.165, 1.54) is 25.2 Å². The molecule has 0 unspecified atom stereocenters. The summed E-state index contributed by atoms with van der Waals surface area (Å²) in [6.45, 7) is 1.84. The van der Waals surface area contributed by atoms with Crippen molar-refractivity contribution in [1.29, 1.82) is 0 Å². The Morgan fingerprint density at radius 3 is 2.24 bits per heavy atom. The maximum absolute atomic E-state index is 12.7. The quantitative estimate of drug-likeness (QED) is 0.801. The first kappa shape index (κ1) is 19.7. The molecular formula is C17H17Cl2NO4S. The predicted molar refractivity (Wildman–Crippen MR) is 97.7 cm³/mol. The van der Waals surface area contributed by atoms with Crippen LogP contribution in [0.25, 0.3) is 0 Å². The zero-order valence-corrected chi connectivity index (χ0v) is 15.9. The third-order valence-corrected chi connectivity index (χ3v) is 6.45. The fraction of sp³-hybridized carbons (Fsp3) is 0.235.